The summed E-state index contributed by atoms with van der Waals surface area (Å²) in [6.45, 7) is 8.12. The second-order valence-electron chi connectivity index (χ2n) is 5.67. The fraction of sp³-hybridized carbons (Fsp3) is 0.333. The average Bonchev–Trinajstić information content (AvgIpc) is 2.72. The maximum atomic E-state index is 12.0. The van der Waals surface area contributed by atoms with Crippen molar-refractivity contribution in [1.29, 1.82) is 5.26 Å². The van der Waals surface area contributed by atoms with Gasteiger partial charge in [0.2, 0.25) is 0 Å². The van der Waals surface area contributed by atoms with Crippen molar-refractivity contribution >= 4 is 5.97 Å². The zero-order chi connectivity index (χ0) is 16.3. The molecule has 114 valence electrons. The molecule has 2 rings (SSSR count). The first-order chi connectivity index (χ1) is 10.4. The first-order valence-electron chi connectivity index (χ1n) is 7.29. The third-order valence-corrected chi connectivity index (χ3v) is 3.45. The summed E-state index contributed by atoms with van der Waals surface area (Å²) in [5.41, 5.74) is 4.16. The number of aryl methyl sites for hydroxylation is 2. The van der Waals surface area contributed by atoms with E-state index in [0.717, 1.165) is 16.8 Å². The Labute approximate surface area is 130 Å². The number of ether oxygens (including phenoxy) is 1. The molecular formula is C18H20N2O2. The Balaban J connectivity index is 2.29. The van der Waals surface area contributed by atoms with Crippen molar-refractivity contribution in [2.24, 2.45) is 0 Å². The molecule has 0 fully saturated rings. The molecule has 1 aromatic heterocycles. The van der Waals surface area contributed by atoms with Gasteiger partial charge in [0.15, 0.2) is 0 Å². The van der Waals surface area contributed by atoms with E-state index in [9.17, 15) is 10.1 Å². The zero-order valence-corrected chi connectivity index (χ0v) is 13.4. The highest BCUT2D eigenvalue weighted by atomic mass is 16.5. The third-order valence-electron chi connectivity index (χ3n) is 3.45. The van der Waals surface area contributed by atoms with Crippen LogP contribution in [-0.2, 0) is 11.3 Å². The Morgan fingerprint density at radius 3 is 2.68 bits per heavy atom. The summed E-state index contributed by atoms with van der Waals surface area (Å²) in [5, 5.41) is 9.29. The molecule has 0 aliphatic heterocycles. The van der Waals surface area contributed by atoms with Gasteiger partial charge in [0.25, 0.3) is 0 Å². The van der Waals surface area contributed by atoms with Gasteiger partial charge < -0.3 is 9.30 Å². The second kappa shape index (κ2) is 6.48. The van der Waals surface area contributed by atoms with Crippen LogP contribution in [0.25, 0.3) is 0 Å². The van der Waals surface area contributed by atoms with E-state index in [-0.39, 0.29) is 12.1 Å². The maximum Gasteiger partial charge on any atom is 0.338 e. The lowest BCUT2D eigenvalue weighted by Gasteiger charge is -2.11. The van der Waals surface area contributed by atoms with E-state index >= 15 is 0 Å². The molecule has 0 atom stereocenters. The van der Waals surface area contributed by atoms with Crippen molar-refractivity contribution in [2.75, 3.05) is 0 Å². The number of benzene rings is 1. The van der Waals surface area contributed by atoms with Crippen molar-refractivity contribution in [1.82, 2.24) is 4.57 Å². The van der Waals surface area contributed by atoms with Crippen molar-refractivity contribution in [3.63, 3.8) is 0 Å². The smallest absolute Gasteiger partial charge is 0.338 e. The summed E-state index contributed by atoms with van der Waals surface area (Å²) >= 11 is 0. The van der Waals surface area contributed by atoms with E-state index in [4.69, 9.17) is 4.74 Å². The summed E-state index contributed by atoms with van der Waals surface area (Å²) in [7, 11) is 0. The molecule has 0 aliphatic carbocycles. The highest BCUT2D eigenvalue weighted by Crippen LogP contribution is 2.17. The lowest BCUT2D eigenvalue weighted by molar-refractivity contribution is 0.0378. The van der Waals surface area contributed by atoms with Gasteiger partial charge in [-0.2, -0.15) is 5.26 Å². The van der Waals surface area contributed by atoms with E-state index in [0.29, 0.717) is 17.8 Å². The normalized spacial score (nSPS) is 10.5. The minimum Gasteiger partial charge on any atom is -0.459 e. The molecule has 22 heavy (non-hydrogen) atoms. The molecule has 1 aromatic carbocycles. The van der Waals surface area contributed by atoms with E-state index in [1.54, 1.807) is 6.07 Å². The van der Waals surface area contributed by atoms with Gasteiger partial charge in [-0.25, -0.2) is 4.79 Å². The predicted octanol–water partition coefficient (Wildman–Crippen LogP) is 3.59. The summed E-state index contributed by atoms with van der Waals surface area (Å²) < 4.78 is 7.18. The monoisotopic (exact) mass is 296 g/mol. The summed E-state index contributed by atoms with van der Waals surface area (Å²) in [6.07, 6.45) is -0.143. The van der Waals surface area contributed by atoms with E-state index < -0.39 is 0 Å². The molecule has 0 spiro atoms. The topological polar surface area (TPSA) is 55.0 Å². The highest BCUT2D eigenvalue weighted by Gasteiger charge is 2.12. The van der Waals surface area contributed by atoms with Crippen LogP contribution in [0.1, 0.15) is 46.7 Å². The molecule has 0 saturated carbocycles. The molecule has 1 heterocycles. The van der Waals surface area contributed by atoms with Gasteiger partial charge in [0.1, 0.15) is 11.8 Å². The van der Waals surface area contributed by atoms with Crippen LogP contribution >= 0.6 is 0 Å². The highest BCUT2D eigenvalue weighted by molar-refractivity contribution is 5.89. The van der Waals surface area contributed by atoms with Crippen LogP contribution in [0.15, 0.2) is 30.3 Å². The number of hydrogen-bond acceptors (Lipinski definition) is 3. The molecule has 0 aliphatic rings. The van der Waals surface area contributed by atoms with Crippen LogP contribution in [0.4, 0.5) is 0 Å². The maximum absolute atomic E-state index is 12.0. The molecule has 0 saturated heterocycles. The fourth-order valence-electron chi connectivity index (χ4n) is 2.46. The Hall–Kier alpha value is -2.54. The van der Waals surface area contributed by atoms with E-state index in [1.807, 2.05) is 56.5 Å². The van der Waals surface area contributed by atoms with Gasteiger partial charge >= 0.3 is 5.97 Å². The second-order valence-corrected chi connectivity index (χ2v) is 5.67. The Morgan fingerprint density at radius 1 is 1.32 bits per heavy atom. The predicted molar refractivity (Wildman–Crippen MR) is 84.7 cm³/mol. The molecule has 0 bridgehead atoms. The number of rotatable bonds is 4. The zero-order valence-electron chi connectivity index (χ0n) is 13.4. The van der Waals surface area contributed by atoms with Crippen LogP contribution in [0.5, 0.6) is 0 Å². The third kappa shape index (κ3) is 3.37. The Kier molecular flexibility index (Phi) is 4.67. The number of esters is 1. The van der Waals surface area contributed by atoms with Crippen LogP contribution in [0, 0.1) is 25.2 Å². The first kappa shape index (κ1) is 15.8. The average molecular weight is 296 g/mol. The lowest BCUT2D eigenvalue weighted by atomic mass is 10.1. The van der Waals surface area contributed by atoms with Crippen LogP contribution in [0.3, 0.4) is 0 Å². The number of aromatic nitrogens is 1. The molecule has 4 heteroatoms. The molecular weight excluding hydrogens is 276 g/mol. The minimum absolute atomic E-state index is 0.143. The number of nitrogens with zero attached hydrogens (tertiary/aromatic N) is 2. The molecule has 2 aromatic rings. The molecule has 0 amide bonds. The van der Waals surface area contributed by atoms with Crippen molar-refractivity contribution in [3.05, 3.63) is 58.4 Å². The van der Waals surface area contributed by atoms with Crippen molar-refractivity contribution < 1.29 is 9.53 Å². The number of nitriles is 1. The standard InChI is InChI=1S/C18H20N2O2/c1-12(2)22-18(21)16-7-5-6-15(9-16)11-20-14(4)8-13(3)17(20)10-19/h5-9,12H,11H2,1-4H3. The van der Waals surface area contributed by atoms with E-state index in [2.05, 4.69) is 6.07 Å². The van der Waals surface area contributed by atoms with Gasteiger partial charge in [-0.15, -0.1) is 0 Å². The van der Waals surface area contributed by atoms with Gasteiger partial charge in [0, 0.05) is 12.2 Å². The number of hydrogen-bond donors (Lipinski definition) is 0. The number of carbonyl (C=O) groups is 1. The largest absolute Gasteiger partial charge is 0.459 e. The summed E-state index contributed by atoms with van der Waals surface area (Å²) in [6, 6.07) is 11.6. The summed E-state index contributed by atoms with van der Waals surface area (Å²) in [4.78, 5) is 12.0. The minimum atomic E-state index is -0.322. The quantitative estimate of drug-likeness (QED) is 0.810. The van der Waals surface area contributed by atoms with E-state index in [1.165, 1.54) is 0 Å². The SMILES string of the molecule is Cc1cc(C)n(Cc2cccc(C(=O)OC(C)C)c2)c1C#N. The van der Waals surface area contributed by atoms with Crippen LogP contribution < -0.4 is 0 Å². The summed E-state index contributed by atoms with van der Waals surface area (Å²) in [5.74, 6) is -0.322. The van der Waals surface area contributed by atoms with Gasteiger partial charge in [-0.05, 0) is 57.0 Å². The van der Waals surface area contributed by atoms with Crippen LogP contribution in [-0.4, -0.2) is 16.6 Å². The molecule has 0 unspecified atom stereocenters. The van der Waals surface area contributed by atoms with Gasteiger partial charge in [0.05, 0.1) is 11.7 Å². The molecule has 0 N–H and O–H groups in total. The van der Waals surface area contributed by atoms with Crippen LogP contribution in [0.2, 0.25) is 0 Å². The fourth-order valence-corrected chi connectivity index (χ4v) is 2.46. The Bertz CT molecular complexity index is 736. The van der Waals surface area contributed by atoms with Gasteiger partial charge in [-0.3, -0.25) is 0 Å². The lowest BCUT2D eigenvalue weighted by Crippen LogP contribution is -2.12. The van der Waals surface area contributed by atoms with Crippen molar-refractivity contribution in [2.45, 2.75) is 40.3 Å². The van der Waals surface area contributed by atoms with Gasteiger partial charge in [-0.1, -0.05) is 12.1 Å². The Morgan fingerprint density at radius 2 is 2.05 bits per heavy atom. The molecule has 0 radical (unpaired) electrons. The number of carbonyl (C=O) groups excluding carboxylic acids is 1. The first-order valence-corrected chi connectivity index (χ1v) is 7.29. The molecule has 4 nitrogen and oxygen atoms in total. The van der Waals surface area contributed by atoms with Crippen molar-refractivity contribution in [3.8, 4) is 6.07 Å².